The zero-order valence-electron chi connectivity index (χ0n) is 15.8. The molecule has 0 aliphatic carbocycles. The molecule has 1 fully saturated rings. The van der Waals surface area contributed by atoms with Gasteiger partial charge in [-0.1, -0.05) is 72.8 Å². The summed E-state index contributed by atoms with van der Waals surface area (Å²) in [6.45, 7) is 0. The zero-order valence-corrected chi connectivity index (χ0v) is 15.8. The minimum Gasteiger partial charge on any atom is -0.378 e. The van der Waals surface area contributed by atoms with Crippen molar-refractivity contribution in [3.63, 3.8) is 0 Å². The van der Waals surface area contributed by atoms with E-state index in [4.69, 9.17) is 9.47 Å². The summed E-state index contributed by atoms with van der Waals surface area (Å²) >= 11 is 0. The van der Waals surface area contributed by atoms with Gasteiger partial charge < -0.3 is 14.4 Å². The van der Waals surface area contributed by atoms with Crippen LogP contribution >= 0.6 is 0 Å². The molecule has 138 valence electrons. The topological polar surface area (TPSA) is 21.7 Å². The maximum absolute atomic E-state index is 6.37. The molecule has 3 heteroatoms. The molecule has 1 heterocycles. The first-order valence-corrected chi connectivity index (χ1v) is 9.39. The highest BCUT2D eigenvalue weighted by molar-refractivity contribution is 5.46. The third-order valence-corrected chi connectivity index (χ3v) is 5.03. The number of hydrogen-bond acceptors (Lipinski definition) is 3. The molecule has 0 spiro atoms. The Balaban J connectivity index is 1.64. The smallest absolute Gasteiger partial charge is 0.185 e. The van der Waals surface area contributed by atoms with E-state index in [-0.39, 0.29) is 18.5 Å². The standard InChI is InChI=1S/C24H25NO2/c1-25(2)21-15-13-20(14-16-21)24-26-22(18-9-5-3-6-10-18)17-23(27-24)19-11-7-4-8-12-19/h3-16,22-24H,17H2,1-2H3. The zero-order chi connectivity index (χ0) is 18.6. The number of ether oxygens (including phenoxy) is 2. The molecule has 3 nitrogen and oxygen atoms in total. The fraction of sp³-hybridized carbons (Fsp3) is 0.250. The predicted octanol–water partition coefficient (Wildman–Crippen LogP) is 5.67. The van der Waals surface area contributed by atoms with Crippen LogP contribution in [0.5, 0.6) is 0 Å². The van der Waals surface area contributed by atoms with E-state index in [1.165, 1.54) is 11.1 Å². The van der Waals surface area contributed by atoms with Crippen LogP contribution in [0.2, 0.25) is 0 Å². The second kappa shape index (κ2) is 7.95. The maximum Gasteiger partial charge on any atom is 0.185 e. The third-order valence-electron chi connectivity index (χ3n) is 5.03. The van der Waals surface area contributed by atoms with Gasteiger partial charge in [-0.3, -0.25) is 0 Å². The van der Waals surface area contributed by atoms with Crippen molar-refractivity contribution in [3.05, 3.63) is 102 Å². The van der Waals surface area contributed by atoms with Crippen LogP contribution in [-0.4, -0.2) is 14.1 Å². The number of rotatable bonds is 4. The Morgan fingerprint density at radius 1 is 0.630 bits per heavy atom. The van der Waals surface area contributed by atoms with Gasteiger partial charge in [0.15, 0.2) is 6.29 Å². The van der Waals surface area contributed by atoms with Crippen molar-refractivity contribution < 1.29 is 9.47 Å². The largest absolute Gasteiger partial charge is 0.378 e. The highest BCUT2D eigenvalue weighted by Gasteiger charge is 2.32. The first-order valence-electron chi connectivity index (χ1n) is 9.39. The molecule has 3 aromatic rings. The van der Waals surface area contributed by atoms with E-state index in [1.807, 2.05) is 26.2 Å². The van der Waals surface area contributed by atoms with Crippen LogP contribution in [0.3, 0.4) is 0 Å². The Bertz CT molecular complexity index is 799. The van der Waals surface area contributed by atoms with E-state index < -0.39 is 0 Å². The minimum atomic E-state index is -0.384. The summed E-state index contributed by atoms with van der Waals surface area (Å²) in [6, 6.07) is 29.2. The van der Waals surface area contributed by atoms with Gasteiger partial charge in [-0.05, 0) is 23.3 Å². The van der Waals surface area contributed by atoms with Gasteiger partial charge in [0.25, 0.3) is 0 Å². The fourth-order valence-electron chi connectivity index (χ4n) is 3.49. The van der Waals surface area contributed by atoms with E-state index in [0.717, 1.165) is 17.7 Å². The van der Waals surface area contributed by atoms with Crippen LogP contribution in [0.4, 0.5) is 5.69 Å². The third kappa shape index (κ3) is 4.05. The first-order chi connectivity index (χ1) is 13.2. The van der Waals surface area contributed by atoms with Crippen molar-refractivity contribution in [2.24, 2.45) is 0 Å². The lowest BCUT2D eigenvalue weighted by Crippen LogP contribution is -2.24. The van der Waals surface area contributed by atoms with Gasteiger partial charge in [-0.2, -0.15) is 0 Å². The SMILES string of the molecule is CN(C)c1ccc(C2OC(c3ccccc3)CC(c3ccccc3)O2)cc1. The average molecular weight is 359 g/mol. The normalized spacial score (nSPS) is 22.4. The molecule has 1 aliphatic heterocycles. The second-order valence-corrected chi connectivity index (χ2v) is 7.12. The van der Waals surface area contributed by atoms with Crippen molar-refractivity contribution in [2.75, 3.05) is 19.0 Å². The average Bonchev–Trinajstić information content (AvgIpc) is 2.75. The van der Waals surface area contributed by atoms with Crippen molar-refractivity contribution in [1.29, 1.82) is 0 Å². The molecule has 2 unspecified atom stereocenters. The monoisotopic (exact) mass is 359 g/mol. The molecule has 3 aromatic carbocycles. The van der Waals surface area contributed by atoms with Crippen LogP contribution in [0.1, 0.15) is 41.6 Å². The van der Waals surface area contributed by atoms with E-state index >= 15 is 0 Å². The highest BCUT2D eigenvalue weighted by Crippen LogP contribution is 2.43. The fourth-order valence-corrected chi connectivity index (χ4v) is 3.49. The predicted molar refractivity (Wildman–Crippen MR) is 109 cm³/mol. The summed E-state index contributed by atoms with van der Waals surface area (Å²) in [5, 5.41) is 0. The highest BCUT2D eigenvalue weighted by atomic mass is 16.7. The van der Waals surface area contributed by atoms with E-state index in [9.17, 15) is 0 Å². The Labute approximate surface area is 161 Å². The lowest BCUT2D eigenvalue weighted by molar-refractivity contribution is -0.253. The molecular weight excluding hydrogens is 334 g/mol. The Kier molecular flexibility index (Phi) is 5.23. The number of anilines is 1. The van der Waals surface area contributed by atoms with Crippen LogP contribution in [0, 0.1) is 0 Å². The summed E-state index contributed by atoms with van der Waals surface area (Å²) in [5.74, 6) is 0. The Morgan fingerprint density at radius 2 is 1.11 bits per heavy atom. The molecule has 0 radical (unpaired) electrons. The van der Waals surface area contributed by atoms with Gasteiger partial charge in [-0.25, -0.2) is 0 Å². The molecule has 0 amide bonds. The van der Waals surface area contributed by atoms with E-state index in [0.29, 0.717) is 0 Å². The van der Waals surface area contributed by atoms with Crippen LogP contribution in [0.15, 0.2) is 84.9 Å². The quantitative estimate of drug-likeness (QED) is 0.599. The lowest BCUT2D eigenvalue weighted by atomic mass is 9.97. The first kappa shape index (κ1) is 17.8. The van der Waals surface area contributed by atoms with Crippen molar-refractivity contribution >= 4 is 5.69 Å². The molecule has 1 saturated heterocycles. The van der Waals surface area contributed by atoms with Crippen LogP contribution in [0.25, 0.3) is 0 Å². The Morgan fingerprint density at radius 3 is 1.56 bits per heavy atom. The number of benzene rings is 3. The lowest BCUT2D eigenvalue weighted by Gasteiger charge is -2.36. The van der Waals surface area contributed by atoms with Gasteiger partial charge >= 0.3 is 0 Å². The number of hydrogen-bond donors (Lipinski definition) is 0. The molecule has 2 atom stereocenters. The summed E-state index contributed by atoms with van der Waals surface area (Å²) in [4.78, 5) is 2.09. The summed E-state index contributed by atoms with van der Waals surface area (Å²) in [6.07, 6.45) is 0.429. The van der Waals surface area contributed by atoms with Gasteiger partial charge in [0.1, 0.15) is 0 Å². The Hall–Kier alpha value is -2.62. The van der Waals surface area contributed by atoms with Crippen LogP contribution in [-0.2, 0) is 9.47 Å². The van der Waals surface area contributed by atoms with Gasteiger partial charge in [0.2, 0.25) is 0 Å². The summed E-state index contributed by atoms with van der Waals surface area (Å²) in [7, 11) is 4.08. The molecule has 0 bridgehead atoms. The second-order valence-electron chi connectivity index (χ2n) is 7.12. The van der Waals surface area contributed by atoms with Crippen molar-refractivity contribution in [3.8, 4) is 0 Å². The summed E-state index contributed by atoms with van der Waals surface area (Å²) < 4.78 is 12.7. The molecule has 27 heavy (non-hydrogen) atoms. The van der Waals surface area contributed by atoms with Gasteiger partial charge in [0, 0.05) is 31.8 Å². The van der Waals surface area contributed by atoms with Gasteiger partial charge in [0.05, 0.1) is 12.2 Å². The molecular formula is C24H25NO2. The molecule has 0 aromatic heterocycles. The summed E-state index contributed by atoms with van der Waals surface area (Å²) in [5.41, 5.74) is 4.59. The molecule has 1 aliphatic rings. The molecule has 4 rings (SSSR count). The molecule has 0 N–H and O–H groups in total. The molecule has 0 saturated carbocycles. The van der Waals surface area contributed by atoms with Crippen molar-refractivity contribution in [1.82, 2.24) is 0 Å². The van der Waals surface area contributed by atoms with Crippen molar-refractivity contribution in [2.45, 2.75) is 24.9 Å². The van der Waals surface area contributed by atoms with Crippen LogP contribution < -0.4 is 4.90 Å². The minimum absolute atomic E-state index is 0.00341. The van der Waals surface area contributed by atoms with Gasteiger partial charge in [-0.15, -0.1) is 0 Å². The van der Waals surface area contributed by atoms with E-state index in [1.54, 1.807) is 0 Å². The number of nitrogens with zero attached hydrogens (tertiary/aromatic N) is 1. The maximum atomic E-state index is 6.37. The van der Waals surface area contributed by atoms with E-state index in [2.05, 4.69) is 77.7 Å².